The van der Waals surface area contributed by atoms with Crippen molar-refractivity contribution in [1.29, 1.82) is 5.26 Å². The Kier molecular flexibility index (Phi) is 1.70. The average molecular weight is 138 g/mol. The van der Waals surface area contributed by atoms with Crippen LogP contribution in [0.25, 0.3) is 0 Å². The Bertz CT molecular complexity index is 167. The van der Waals surface area contributed by atoms with Crippen LogP contribution in [-0.2, 0) is 0 Å². The zero-order valence-electron chi connectivity index (χ0n) is 6.81. The predicted octanol–water partition coefficient (Wildman–Crippen LogP) is 1.29. The summed E-state index contributed by atoms with van der Waals surface area (Å²) in [6.45, 7) is 6.33. The van der Waals surface area contributed by atoms with Crippen LogP contribution in [0.3, 0.4) is 0 Å². The predicted molar refractivity (Wildman–Crippen MR) is 40.4 cm³/mol. The van der Waals surface area contributed by atoms with Crippen LogP contribution in [0.1, 0.15) is 27.2 Å². The lowest BCUT2D eigenvalue weighted by Gasteiger charge is -2.06. The van der Waals surface area contributed by atoms with E-state index in [1.54, 1.807) is 0 Å². The van der Waals surface area contributed by atoms with Crippen molar-refractivity contribution in [3.8, 4) is 6.07 Å². The summed E-state index contributed by atoms with van der Waals surface area (Å²) in [5, 5.41) is 11.7. The molecule has 0 bridgehead atoms. The molecule has 2 unspecified atom stereocenters. The highest BCUT2D eigenvalue weighted by atomic mass is 15.0. The maximum atomic E-state index is 8.47. The van der Waals surface area contributed by atoms with Gasteiger partial charge in [-0.15, -0.1) is 0 Å². The fourth-order valence-corrected chi connectivity index (χ4v) is 1.09. The largest absolute Gasteiger partial charge is 0.299 e. The average Bonchev–Trinajstić information content (AvgIpc) is 2.40. The summed E-state index contributed by atoms with van der Waals surface area (Å²) in [7, 11) is 0. The Labute approximate surface area is 62.2 Å². The third-order valence-electron chi connectivity index (χ3n) is 2.16. The first-order chi connectivity index (χ1) is 4.56. The van der Waals surface area contributed by atoms with Gasteiger partial charge in [-0.05, 0) is 18.8 Å². The van der Waals surface area contributed by atoms with E-state index in [9.17, 15) is 0 Å². The summed E-state index contributed by atoms with van der Waals surface area (Å²) >= 11 is 0. The van der Waals surface area contributed by atoms with E-state index in [1.165, 1.54) is 6.42 Å². The summed E-state index contributed by atoms with van der Waals surface area (Å²) in [5.41, 5.74) is 0.436. The van der Waals surface area contributed by atoms with Crippen LogP contribution in [0.4, 0.5) is 0 Å². The van der Waals surface area contributed by atoms with Crippen LogP contribution < -0.4 is 5.32 Å². The van der Waals surface area contributed by atoms with Gasteiger partial charge in [0.05, 0.1) is 12.1 Å². The smallest absolute Gasteiger partial charge is 0.0926 e. The zero-order chi connectivity index (χ0) is 7.78. The summed E-state index contributed by atoms with van der Waals surface area (Å²) in [6.07, 6.45) is 1.21. The van der Waals surface area contributed by atoms with Crippen molar-refractivity contribution in [3.63, 3.8) is 0 Å². The van der Waals surface area contributed by atoms with Gasteiger partial charge in [-0.2, -0.15) is 5.26 Å². The molecule has 0 amide bonds. The van der Waals surface area contributed by atoms with Crippen LogP contribution in [0.15, 0.2) is 0 Å². The SMILES string of the molecule is CC(C#N)NC1CC1(C)C. The quantitative estimate of drug-likeness (QED) is 0.624. The Hall–Kier alpha value is -0.550. The number of hydrogen-bond acceptors (Lipinski definition) is 2. The Morgan fingerprint density at radius 2 is 2.20 bits per heavy atom. The molecule has 0 aliphatic heterocycles. The number of nitrogens with one attached hydrogen (secondary N) is 1. The van der Waals surface area contributed by atoms with Gasteiger partial charge in [-0.1, -0.05) is 13.8 Å². The number of nitrogens with zero attached hydrogens (tertiary/aromatic N) is 1. The minimum Gasteiger partial charge on any atom is -0.299 e. The molecule has 1 N–H and O–H groups in total. The molecule has 1 saturated carbocycles. The van der Waals surface area contributed by atoms with Gasteiger partial charge in [-0.3, -0.25) is 5.32 Å². The number of hydrogen-bond donors (Lipinski definition) is 1. The molecule has 0 saturated heterocycles. The lowest BCUT2D eigenvalue weighted by Crippen LogP contribution is -2.29. The standard InChI is InChI=1S/C8H14N2/c1-6(5-9)10-7-4-8(7,2)3/h6-7,10H,4H2,1-3H3. The first kappa shape index (κ1) is 7.56. The van der Waals surface area contributed by atoms with E-state index < -0.39 is 0 Å². The maximum Gasteiger partial charge on any atom is 0.0926 e. The molecule has 1 aliphatic rings. The topological polar surface area (TPSA) is 35.8 Å². The van der Waals surface area contributed by atoms with Gasteiger partial charge in [0.1, 0.15) is 0 Å². The van der Waals surface area contributed by atoms with Crippen LogP contribution in [-0.4, -0.2) is 12.1 Å². The van der Waals surface area contributed by atoms with Crippen molar-refractivity contribution in [3.05, 3.63) is 0 Å². The van der Waals surface area contributed by atoms with E-state index in [4.69, 9.17) is 5.26 Å². The molecule has 0 aromatic carbocycles. The van der Waals surface area contributed by atoms with E-state index in [1.807, 2.05) is 6.92 Å². The maximum absolute atomic E-state index is 8.47. The molecule has 2 nitrogen and oxygen atoms in total. The Balaban J connectivity index is 2.26. The molecule has 0 aromatic rings. The second-order valence-corrected chi connectivity index (χ2v) is 3.76. The fraction of sp³-hybridized carbons (Fsp3) is 0.875. The summed E-state index contributed by atoms with van der Waals surface area (Å²) < 4.78 is 0. The fourth-order valence-electron chi connectivity index (χ4n) is 1.09. The Morgan fingerprint density at radius 1 is 1.70 bits per heavy atom. The zero-order valence-corrected chi connectivity index (χ0v) is 6.81. The molecule has 0 aromatic heterocycles. The lowest BCUT2D eigenvalue weighted by molar-refractivity contribution is 0.524. The van der Waals surface area contributed by atoms with Crippen molar-refractivity contribution < 1.29 is 0 Å². The second kappa shape index (κ2) is 2.25. The van der Waals surface area contributed by atoms with E-state index in [0.29, 0.717) is 11.5 Å². The van der Waals surface area contributed by atoms with Gasteiger partial charge in [-0.25, -0.2) is 0 Å². The molecule has 10 heavy (non-hydrogen) atoms. The van der Waals surface area contributed by atoms with Gasteiger partial charge >= 0.3 is 0 Å². The third-order valence-corrected chi connectivity index (χ3v) is 2.16. The lowest BCUT2D eigenvalue weighted by atomic mass is 10.2. The first-order valence-corrected chi connectivity index (χ1v) is 3.72. The van der Waals surface area contributed by atoms with Gasteiger partial charge in [0.25, 0.3) is 0 Å². The van der Waals surface area contributed by atoms with E-state index in [0.717, 1.165) is 0 Å². The molecular weight excluding hydrogens is 124 g/mol. The minimum absolute atomic E-state index is 0.00627. The first-order valence-electron chi connectivity index (χ1n) is 3.72. The molecule has 1 rings (SSSR count). The van der Waals surface area contributed by atoms with Crippen LogP contribution in [0, 0.1) is 16.7 Å². The minimum atomic E-state index is 0.00627. The summed E-state index contributed by atoms with van der Waals surface area (Å²) in [4.78, 5) is 0. The Morgan fingerprint density at radius 3 is 2.50 bits per heavy atom. The molecule has 2 heteroatoms. The summed E-state index contributed by atoms with van der Waals surface area (Å²) in [5.74, 6) is 0. The summed E-state index contributed by atoms with van der Waals surface area (Å²) in [6, 6.07) is 2.74. The van der Waals surface area contributed by atoms with Crippen LogP contribution in [0.5, 0.6) is 0 Å². The molecule has 0 radical (unpaired) electrons. The molecule has 1 aliphatic carbocycles. The highest BCUT2D eigenvalue weighted by Crippen LogP contribution is 2.44. The normalized spacial score (nSPS) is 30.8. The van der Waals surface area contributed by atoms with Crippen LogP contribution in [0.2, 0.25) is 0 Å². The number of nitriles is 1. The van der Waals surface area contributed by atoms with Gasteiger partial charge in [0.2, 0.25) is 0 Å². The van der Waals surface area contributed by atoms with E-state index >= 15 is 0 Å². The van der Waals surface area contributed by atoms with Crippen LogP contribution >= 0.6 is 0 Å². The van der Waals surface area contributed by atoms with Gasteiger partial charge < -0.3 is 0 Å². The second-order valence-electron chi connectivity index (χ2n) is 3.76. The monoisotopic (exact) mass is 138 g/mol. The van der Waals surface area contributed by atoms with Crippen molar-refractivity contribution >= 4 is 0 Å². The highest BCUT2D eigenvalue weighted by Gasteiger charge is 2.45. The molecule has 56 valence electrons. The molecular formula is C8H14N2. The number of rotatable bonds is 2. The molecule has 0 heterocycles. The molecule has 0 spiro atoms. The van der Waals surface area contributed by atoms with Crippen molar-refractivity contribution in [2.45, 2.75) is 39.3 Å². The molecule has 1 fully saturated rings. The van der Waals surface area contributed by atoms with E-state index in [-0.39, 0.29) is 6.04 Å². The molecule has 2 atom stereocenters. The highest BCUT2D eigenvalue weighted by molar-refractivity contribution is 5.04. The van der Waals surface area contributed by atoms with Crippen molar-refractivity contribution in [2.24, 2.45) is 5.41 Å². The van der Waals surface area contributed by atoms with E-state index in [2.05, 4.69) is 25.2 Å². The van der Waals surface area contributed by atoms with Gasteiger partial charge in [0, 0.05) is 6.04 Å². The van der Waals surface area contributed by atoms with Crippen molar-refractivity contribution in [1.82, 2.24) is 5.32 Å². The van der Waals surface area contributed by atoms with Crippen molar-refractivity contribution in [2.75, 3.05) is 0 Å². The van der Waals surface area contributed by atoms with Gasteiger partial charge in [0.15, 0.2) is 0 Å². The third kappa shape index (κ3) is 1.48.